The van der Waals surface area contributed by atoms with Gasteiger partial charge < -0.3 is 4.98 Å². The Balaban J connectivity index is 2.18. The second-order valence-electron chi connectivity index (χ2n) is 3.04. The average molecular weight is 184 g/mol. The highest BCUT2D eigenvalue weighted by atomic mass is 32.2. The van der Waals surface area contributed by atoms with Crippen LogP contribution in [0.5, 0.6) is 0 Å². The van der Waals surface area contributed by atoms with E-state index in [9.17, 15) is 4.79 Å². The Morgan fingerprint density at radius 3 is 3.17 bits per heavy atom. The normalized spacial score (nSPS) is 24.2. The molecule has 1 N–H and O–H groups in total. The lowest BCUT2D eigenvalue weighted by atomic mass is 10.2. The lowest BCUT2D eigenvalue weighted by Crippen LogP contribution is -2.25. The lowest BCUT2D eigenvalue weighted by molar-refractivity contribution is 0.487. The third-order valence-electron chi connectivity index (χ3n) is 2.21. The molecule has 12 heavy (non-hydrogen) atoms. The maximum absolute atomic E-state index is 11.2. The molecule has 2 heterocycles. The molecule has 1 atom stereocenters. The zero-order chi connectivity index (χ0) is 8.39. The third kappa shape index (κ3) is 1.43. The number of rotatable bonds is 1. The van der Waals surface area contributed by atoms with Gasteiger partial charge in [-0.2, -0.15) is 11.8 Å². The van der Waals surface area contributed by atoms with Crippen LogP contribution in [0.3, 0.4) is 0 Å². The second kappa shape index (κ2) is 3.39. The summed E-state index contributed by atoms with van der Waals surface area (Å²) < 4.78 is 1.81. The van der Waals surface area contributed by atoms with E-state index < -0.39 is 0 Å². The minimum atomic E-state index is 0.0301. The van der Waals surface area contributed by atoms with Crippen molar-refractivity contribution in [3.63, 3.8) is 0 Å². The van der Waals surface area contributed by atoms with Crippen LogP contribution in [0.2, 0.25) is 0 Å². The van der Waals surface area contributed by atoms with E-state index in [-0.39, 0.29) is 5.69 Å². The highest BCUT2D eigenvalue weighted by molar-refractivity contribution is 7.99. The maximum Gasteiger partial charge on any atom is 0.325 e. The van der Waals surface area contributed by atoms with Crippen molar-refractivity contribution in [2.75, 3.05) is 11.5 Å². The zero-order valence-electron chi connectivity index (χ0n) is 6.82. The Hall–Kier alpha value is -0.640. The van der Waals surface area contributed by atoms with Gasteiger partial charge in [-0.05, 0) is 18.6 Å². The topological polar surface area (TPSA) is 37.8 Å². The predicted octanol–water partition coefficient (Wildman–Crippen LogP) is 1.24. The van der Waals surface area contributed by atoms with Gasteiger partial charge in [0.15, 0.2) is 0 Å². The van der Waals surface area contributed by atoms with Crippen LogP contribution in [-0.2, 0) is 0 Å². The number of thioether (sulfide) groups is 1. The minimum absolute atomic E-state index is 0.0301. The van der Waals surface area contributed by atoms with Gasteiger partial charge in [0.25, 0.3) is 0 Å². The summed E-state index contributed by atoms with van der Waals surface area (Å²) in [5.41, 5.74) is 0.0301. The SMILES string of the molecule is O=c1[nH]ccn1C1CCCSC1. The summed E-state index contributed by atoms with van der Waals surface area (Å²) in [6.07, 6.45) is 5.93. The molecule has 1 aromatic heterocycles. The minimum Gasteiger partial charge on any atom is -0.313 e. The average Bonchev–Trinajstić information content (AvgIpc) is 2.53. The molecule has 3 nitrogen and oxygen atoms in total. The van der Waals surface area contributed by atoms with Crippen molar-refractivity contribution in [3.05, 3.63) is 22.9 Å². The van der Waals surface area contributed by atoms with E-state index in [1.165, 1.54) is 12.2 Å². The monoisotopic (exact) mass is 184 g/mol. The molecule has 1 aliphatic rings. The number of H-pyrrole nitrogens is 1. The first kappa shape index (κ1) is 7.98. The first-order valence-corrected chi connectivity index (χ1v) is 5.36. The molecule has 66 valence electrons. The highest BCUT2D eigenvalue weighted by Crippen LogP contribution is 2.25. The van der Waals surface area contributed by atoms with Crippen LogP contribution in [0, 0.1) is 0 Å². The Labute approximate surface area is 75.2 Å². The summed E-state index contributed by atoms with van der Waals surface area (Å²) in [6, 6.07) is 0.419. The molecule has 0 spiro atoms. The Bertz CT molecular complexity index is 298. The van der Waals surface area contributed by atoms with E-state index in [2.05, 4.69) is 4.98 Å². The fourth-order valence-electron chi connectivity index (χ4n) is 1.56. The van der Waals surface area contributed by atoms with Crippen LogP contribution in [0.4, 0.5) is 0 Å². The zero-order valence-corrected chi connectivity index (χ0v) is 7.64. The van der Waals surface area contributed by atoms with Crippen LogP contribution < -0.4 is 5.69 Å². The van der Waals surface area contributed by atoms with Gasteiger partial charge in [-0.1, -0.05) is 0 Å². The first-order valence-electron chi connectivity index (χ1n) is 4.21. The van der Waals surface area contributed by atoms with Gasteiger partial charge in [-0.15, -0.1) is 0 Å². The number of nitrogens with one attached hydrogen (secondary N) is 1. The van der Waals surface area contributed by atoms with Gasteiger partial charge in [0, 0.05) is 24.2 Å². The number of hydrogen-bond donors (Lipinski definition) is 1. The van der Waals surface area contributed by atoms with Crippen molar-refractivity contribution in [3.8, 4) is 0 Å². The van der Waals surface area contributed by atoms with Gasteiger partial charge in [0.05, 0.1) is 0 Å². The number of aromatic nitrogens is 2. The van der Waals surface area contributed by atoms with Crippen LogP contribution in [0.25, 0.3) is 0 Å². The second-order valence-corrected chi connectivity index (χ2v) is 4.19. The van der Waals surface area contributed by atoms with Crippen molar-refractivity contribution >= 4 is 11.8 Å². The van der Waals surface area contributed by atoms with Crippen molar-refractivity contribution in [2.45, 2.75) is 18.9 Å². The third-order valence-corrected chi connectivity index (χ3v) is 3.40. The number of aromatic amines is 1. The summed E-state index contributed by atoms with van der Waals surface area (Å²) >= 11 is 1.94. The van der Waals surface area contributed by atoms with Crippen LogP contribution in [-0.4, -0.2) is 21.1 Å². The van der Waals surface area contributed by atoms with E-state index in [1.54, 1.807) is 6.20 Å². The quantitative estimate of drug-likeness (QED) is 0.713. The van der Waals surface area contributed by atoms with Crippen molar-refractivity contribution in [2.24, 2.45) is 0 Å². The predicted molar refractivity (Wildman–Crippen MR) is 50.6 cm³/mol. The molecule has 2 rings (SSSR count). The van der Waals surface area contributed by atoms with Crippen LogP contribution >= 0.6 is 11.8 Å². The fourth-order valence-corrected chi connectivity index (χ4v) is 2.70. The van der Waals surface area contributed by atoms with E-state index in [1.807, 2.05) is 22.5 Å². The Morgan fingerprint density at radius 2 is 2.58 bits per heavy atom. The van der Waals surface area contributed by atoms with E-state index in [0.29, 0.717) is 6.04 Å². The van der Waals surface area contributed by atoms with Gasteiger partial charge in [-0.25, -0.2) is 4.79 Å². The van der Waals surface area contributed by atoms with Crippen molar-refractivity contribution in [1.29, 1.82) is 0 Å². The summed E-state index contributed by atoms with van der Waals surface area (Å²) in [4.78, 5) is 13.9. The number of imidazole rings is 1. The molecule has 0 saturated carbocycles. The van der Waals surface area contributed by atoms with E-state index >= 15 is 0 Å². The maximum atomic E-state index is 11.2. The smallest absolute Gasteiger partial charge is 0.313 e. The number of nitrogens with zero attached hydrogens (tertiary/aromatic N) is 1. The Morgan fingerprint density at radius 1 is 1.67 bits per heavy atom. The molecule has 4 heteroatoms. The Kier molecular flexibility index (Phi) is 2.26. The molecule has 0 aromatic carbocycles. The van der Waals surface area contributed by atoms with E-state index in [4.69, 9.17) is 0 Å². The van der Waals surface area contributed by atoms with Crippen LogP contribution in [0.1, 0.15) is 18.9 Å². The molecule has 1 aromatic rings. The van der Waals surface area contributed by atoms with E-state index in [0.717, 1.165) is 12.2 Å². The molecular weight excluding hydrogens is 172 g/mol. The summed E-state index contributed by atoms with van der Waals surface area (Å²) in [5, 5.41) is 0. The molecule has 1 saturated heterocycles. The largest absolute Gasteiger partial charge is 0.325 e. The molecular formula is C8H12N2OS. The van der Waals surface area contributed by atoms with Gasteiger partial charge in [-0.3, -0.25) is 4.57 Å². The summed E-state index contributed by atoms with van der Waals surface area (Å²) in [7, 11) is 0. The van der Waals surface area contributed by atoms with Gasteiger partial charge >= 0.3 is 5.69 Å². The molecule has 1 fully saturated rings. The molecule has 1 aliphatic heterocycles. The summed E-state index contributed by atoms with van der Waals surface area (Å²) in [5.74, 6) is 2.33. The van der Waals surface area contributed by atoms with Gasteiger partial charge in [0.2, 0.25) is 0 Å². The number of hydrogen-bond acceptors (Lipinski definition) is 2. The molecule has 0 amide bonds. The molecule has 0 aliphatic carbocycles. The summed E-state index contributed by atoms with van der Waals surface area (Å²) in [6.45, 7) is 0. The van der Waals surface area contributed by atoms with Gasteiger partial charge in [0.1, 0.15) is 0 Å². The molecule has 1 unspecified atom stereocenters. The van der Waals surface area contributed by atoms with Crippen molar-refractivity contribution in [1.82, 2.24) is 9.55 Å². The first-order chi connectivity index (χ1) is 5.88. The van der Waals surface area contributed by atoms with Crippen molar-refractivity contribution < 1.29 is 0 Å². The fraction of sp³-hybridized carbons (Fsp3) is 0.625. The standard InChI is InChI=1S/C8H12N2OS/c11-8-9-3-4-10(8)7-2-1-5-12-6-7/h3-4,7H,1-2,5-6H2,(H,9,11). The molecule has 0 radical (unpaired) electrons. The highest BCUT2D eigenvalue weighted by Gasteiger charge is 2.16. The lowest BCUT2D eigenvalue weighted by Gasteiger charge is -2.21. The van der Waals surface area contributed by atoms with Crippen LogP contribution in [0.15, 0.2) is 17.2 Å². The molecule has 0 bridgehead atoms.